The van der Waals surface area contributed by atoms with Crippen LogP contribution in [0, 0.1) is 0 Å². The number of carbonyl (C=O) groups excluding carboxylic acids is 1. The molecular weight excluding hydrogens is 326 g/mol. The average Bonchev–Trinajstić information content (AvgIpc) is 2.69. The van der Waals surface area contributed by atoms with E-state index in [2.05, 4.69) is 22.0 Å². The number of nitrogens with zero attached hydrogens (tertiary/aromatic N) is 2. The average molecular weight is 351 g/mol. The molecular formula is C21H25N3O2. The van der Waals surface area contributed by atoms with E-state index in [4.69, 9.17) is 10.5 Å². The summed E-state index contributed by atoms with van der Waals surface area (Å²) in [7, 11) is 0. The minimum atomic E-state index is -0.482. The molecule has 2 aliphatic rings. The van der Waals surface area contributed by atoms with Gasteiger partial charge in [0.15, 0.2) is 0 Å². The van der Waals surface area contributed by atoms with Gasteiger partial charge in [-0.2, -0.15) is 0 Å². The Hall–Kier alpha value is -2.40. The Balaban J connectivity index is 1.50. The smallest absolute Gasteiger partial charge is 0.250 e. The zero-order valence-electron chi connectivity index (χ0n) is 15.0. The van der Waals surface area contributed by atoms with Crippen LogP contribution in [0.4, 0.5) is 0 Å². The fourth-order valence-electron chi connectivity index (χ4n) is 4.15. The number of primary amides is 1. The van der Waals surface area contributed by atoms with Crippen molar-refractivity contribution in [3.8, 4) is 11.6 Å². The molecule has 1 aromatic carbocycles. The molecule has 4 rings (SSSR count). The lowest BCUT2D eigenvalue weighted by molar-refractivity contribution is 0.1000. The maximum Gasteiger partial charge on any atom is 0.250 e. The molecule has 136 valence electrons. The first-order valence-corrected chi connectivity index (χ1v) is 9.49. The molecule has 2 N–H and O–H groups in total. The van der Waals surface area contributed by atoms with E-state index >= 15 is 0 Å². The van der Waals surface area contributed by atoms with Crippen molar-refractivity contribution >= 4 is 5.91 Å². The van der Waals surface area contributed by atoms with Crippen LogP contribution >= 0.6 is 0 Å². The number of ether oxygens (including phenoxy) is 1. The maximum atomic E-state index is 11.2. The quantitative estimate of drug-likeness (QED) is 0.913. The first kappa shape index (κ1) is 17.0. The van der Waals surface area contributed by atoms with E-state index in [1.807, 2.05) is 6.07 Å². The van der Waals surface area contributed by atoms with Crippen molar-refractivity contribution in [2.75, 3.05) is 6.54 Å². The summed E-state index contributed by atoms with van der Waals surface area (Å²) in [5.41, 5.74) is 8.28. The molecule has 1 amide bonds. The topological polar surface area (TPSA) is 68.5 Å². The van der Waals surface area contributed by atoms with Crippen molar-refractivity contribution in [3.05, 3.63) is 53.2 Å². The maximum absolute atomic E-state index is 11.2. The molecule has 0 radical (unpaired) electrons. The molecule has 1 fully saturated rings. The van der Waals surface area contributed by atoms with E-state index in [9.17, 15) is 4.79 Å². The predicted molar refractivity (Wildman–Crippen MR) is 100 cm³/mol. The fourth-order valence-corrected chi connectivity index (χ4v) is 4.15. The van der Waals surface area contributed by atoms with Crippen molar-refractivity contribution in [1.29, 1.82) is 0 Å². The summed E-state index contributed by atoms with van der Waals surface area (Å²) in [6.07, 6.45) is 9.25. The number of pyridine rings is 1. The lowest BCUT2D eigenvalue weighted by atomic mass is 9.91. The Kier molecular flexibility index (Phi) is 4.89. The minimum Gasteiger partial charge on any atom is -0.439 e. The summed E-state index contributed by atoms with van der Waals surface area (Å²) in [5, 5.41) is 0. The number of hydrogen-bond donors (Lipinski definition) is 1. The van der Waals surface area contributed by atoms with E-state index in [1.54, 1.807) is 12.1 Å². The monoisotopic (exact) mass is 351 g/mol. The summed E-state index contributed by atoms with van der Waals surface area (Å²) in [6, 6.07) is 10.3. The van der Waals surface area contributed by atoms with Gasteiger partial charge in [0.1, 0.15) is 5.75 Å². The lowest BCUT2D eigenvalue weighted by Gasteiger charge is -2.38. The summed E-state index contributed by atoms with van der Waals surface area (Å²) in [5.74, 6) is 0.868. The molecule has 1 aromatic heterocycles. The lowest BCUT2D eigenvalue weighted by Crippen LogP contribution is -2.40. The molecule has 5 heteroatoms. The summed E-state index contributed by atoms with van der Waals surface area (Å²) < 4.78 is 6.01. The Labute approximate surface area is 154 Å². The number of nitrogens with two attached hydrogens (primary N) is 1. The van der Waals surface area contributed by atoms with E-state index in [1.165, 1.54) is 49.4 Å². The molecule has 0 saturated heterocycles. The number of rotatable bonds is 4. The van der Waals surface area contributed by atoms with Crippen molar-refractivity contribution in [1.82, 2.24) is 9.88 Å². The van der Waals surface area contributed by atoms with Gasteiger partial charge in [0.05, 0.1) is 5.56 Å². The third-order valence-corrected chi connectivity index (χ3v) is 5.58. The number of aromatic nitrogens is 1. The second-order valence-corrected chi connectivity index (χ2v) is 7.26. The first-order valence-electron chi connectivity index (χ1n) is 9.49. The standard InChI is InChI=1S/C21H25N3O2/c22-21(25)15-9-10-20(23-13-15)26-19-8-4-5-16-14-24(12-11-18(16)19)17-6-2-1-3-7-17/h4-5,8-10,13,17H,1-3,6-7,11-12,14H2,(H2,22,25). The predicted octanol–water partition coefficient (Wildman–Crippen LogP) is 3.66. The second-order valence-electron chi connectivity index (χ2n) is 7.26. The van der Waals surface area contributed by atoms with Gasteiger partial charge < -0.3 is 10.5 Å². The zero-order chi connectivity index (χ0) is 17.9. The van der Waals surface area contributed by atoms with E-state index in [0.29, 0.717) is 11.4 Å². The molecule has 1 aliphatic carbocycles. The molecule has 2 heterocycles. The molecule has 2 aromatic rings. The molecule has 26 heavy (non-hydrogen) atoms. The molecule has 0 spiro atoms. The van der Waals surface area contributed by atoms with Gasteiger partial charge in [-0.15, -0.1) is 0 Å². The second kappa shape index (κ2) is 7.46. The Morgan fingerprint density at radius 1 is 1.15 bits per heavy atom. The van der Waals surface area contributed by atoms with Crippen LogP contribution in [-0.4, -0.2) is 28.4 Å². The van der Waals surface area contributed by atoms with Gasteiger partial charge in [0, 0.05) is 37.0 Å². The van der Waals surface area contributed by atoms with E-state index in [-0.39, 0.29) is 0 Å². The highest BCUT2D eigenvalue weighted by atomic mass is 16.5. The van der Waals surface area contributed by atoms with Gasteiger partial charge in [0.2, 0.25) is 11.8 Å². The highest BCUT2D eigenvalue weighted by Gasteiger charge is 2.26. The van der Waals surface area contributed by atoms with Crippen LogP contribution in [-0.2, 0) is 13.0 Å². The fraction of sp³-hybridized carbons (Fsp3) is 0.429. The zero-order valence-corrected chi connectivity index (χ0v) is 15.0. The van der Waals surface area contributed by atoms with Gasteiger partial charge in [-0.3, -0.25) is 9.69 Å². The first-order chi connectivity index (χ1) is 12.7. The van der Waals surface area contributed by atoms with Gasteiger partial charge in [0.25, 0.3) is 0 Å². The number of benzene rings is 1. The summed E-state index contributed by atoms with van der Waals surface area (Å²) >= 11 is 0. The van der Waals surface area contributed by atoms with Crippen LogP contribution in [0.2, 0.25) is 0 Å². The molecule has 1 saturated carbocycles. The minimum absolute atomic E-state index is 0.385. The highest BCUT2D eigenvalue weighted by molar-refractivity contribution is 5.92. The van der Waals surface area contributed by atoms with Crippen molar-refractivity contribution in [2.45, 2.75) is 51.1 Å². The number of hydrogen-bond acceptors (Lipinski definition) is 4. The number of carbonyl (C=O) groups is 1. The number of amides is 1. The molecule has 5 nitrogen and oxygen atoms in total. The van der Waals surface area contributed by atoms with Gasteiger partial charge in [-0.05, 0) is 37.0 Å². The van der Waals surface area contributed by atoms with Crippen LogP contribution < -0.4 is 10.5 Å². The van der Waals surface area contributed by atoms with Gasteiger partial charge in [-0.1, -0.05) is 31.4 Å². The SMILES string of the molecule is NC(=O)c1ccc(Oc2cccc3c2CCN(C2CCCCC2)C3)nc1. The number of fused-ring (bicyclic) bond motifs is 1. The third-order valence-electron chi connectivity index (χ3n) is 5.58. The Morgan fingerprint density at radius 2 is 2.00 bits per heavy atom. The highest BCUT2D eigenvalue weighted by Crippen LogP contribution is 2.33. The van der Waals surface area contributed by atoms with Gasteiger partial charge >= 0.3 is 0 Å². The van der Waals surface area contributed by atoms with Crippen LogP contribution in [0.15, 0.2) is 36.5 Å². The normalized spacial score (nSPS) is 18.3. The summed E-state index contributed by atoms with van der Waals surface area (Å²) in [6.45, 7) is 2.09. The van der Waals surface area contributed by atoms with Crippen LogP contribution in [0.5, 0.6) is 11.6 Å². The van der Waals surface area contributed by atoms with Crippen molar-refractivity contribution in [3.63, 3.8) is 0 Å². The van der Waals surface area contributed by atoms with Crippen LogP contribution in [0.1, 0.15) is 53.6 Å². The molecule has 0 bridgehead atoms. The Morgan fingerprint density at radius 3 is 2.73 bits per heavy atom. The largest absolute Gasteiger partial charge is 0.439 e. The molecule has 0 unspecified atom stereocenters. The summed E-state index contributed by atoms with van der Waals surface area (Å²) in [4.78, 5) is 18.0. The Bertz CT molecular complexity index is 782. The van der Waals surface area contributed by atoms with Crippen LogP contribution in [0.3, 0.4) is 0 Å². The third kappa shape index (κ3) is 3.58. The van der Waals surface area contributed by atoms with Crippen molar-refractivity contribution in [2.24, 2.45) is 5.73 Å². The van der Waals surface area contributed by atoms with Crippen molar-refractivity contribution < 1.29 is 9.53 Å². The van der Waals surface area contributed by atoms with Gasteiger partial charge in [-0.25, -0.2) is 4.98 Å². The van der Waals surface area contributed by atoms with Crippen LogP contribution in [0.25, 0.3) is 0 Å². The van der Waals surface area contributed by atoms with E-state index in [0.717, 1.165) is 31.3 Å². The molecule has 0 atom stereocenters. The van der Waals surface area contributed by atoms with E-state index < -0.39 is 5.91 Å². The molecule has 1 aliphatic heterocycles.